The van der Waals surface area contributed by atoms with Crippen molar-refractivity contribution in [3.63, 3.8) is 0 Å². The SMILES string of the molecule is C[C@@]12CCC[C@H]1[C@@H]1C[C@@H](O)[C@@]3(O)C[C@H](O)CC[C@]3(C)[C@H]1CC2. The molecule has 0 spiro atoms. The van der Waals surface area contributed by atoms with Gasteiger partial charge in [0, 0.05) is 11.8 Å². The van der Waals surface area contributed by atoms with Crippen LogP contribution in [0, 0.1) is 28.6 Å². The molecular weight excluding hydrogens is 276 g/mol. The highest BCUT2D eigenvalue weighted by atomic mass is 16.3. The number of rotatable bonds is 0. The molecule has 3 heteroatoms. The zero-order chi connectivity index (χ0) is 15.8. The van der Waals surface area contributed by atoms with Gasteiger partial charge < -0.3 is 15.3 Å². The maximum Gasteiger partial charge on any atom is 0.0985 e. The van der Waals surface area contributed by atoms with Crippen LogP contribution >= 0.6 is 0 Å². The van der Waals surface area contributed by atoms with Gasteiger partial charge >= 0.3 is 0 Å². The number of aliphatic hydroxyl groups is 3. The highest BCUT2D eigenvalue weighted by molar-refractivity contribution is 5.16. The fourth-order valence-corrected chi connectivity index (χ4v) is 7.25. The summed E-state index contributed by atoms with van der Waals surface area (Å²) in [4.78, 5) is 0. The number of fused-ring (bicyclic) bond motifs is 5. The van der Waals surface area contributed by atoms with Gasteiger partial charge in [-0.05, 0) is 68.1 Å². The maximum atomic E-state index is 11.3. The van der Waals surface area contributed by atoms with E-state index in [-0.39, 0.29) is 5.41 Å². The molecule has 0 radical (unpaired) electrons. The van der Waals surface area contributed by atoms with Gasteiger partial charge in [0.05, 0.1) is 17.8 Å². The first-order chi connectivity index (χ1) is 10.3. The summed E-state index contributed by atoms with van der Waals surface area (Å²) in [5, 5.41) is 32.2. The van der Waals surface area contributed by atoms with Gasteiger partial charge in [0.1, 0.15) is 0 Å². The van der Waals surface area contributed by atoms with Crippen LogP contribution in [0.5, 0.6) is 0 Å². The second-order valence-corrected chi connectivity index (χ2v) is 9.45. The van der Waals surface area contributed by atoms with E-state index < -0.39 is 17.8 Å². The van der Waals surface area contributed by atoms with Crippen LogP contribution in [0.3, 0.4) is 0 Å². The van der Waals surface area contributed by atoms with Crippen molar-refractivity contribution in [2.24, 2.45) is 28.6 Å². The number of hydrogen-bond acceptors (Lipinski definition) is 3. The third-order valence-electron chi connectivity index (χ3n) is 8.62. The fourth-order valence-electron chi connectivity index (χ4n) is 7.25. The minimum Gasteiger partial charge on any atom is -0.393 e. The summed E-state index contributed by atoms with van der Waals surface area (Å²) < 4.78 is 0. The summed E-state index contributed by atoms with van der Waals surface area (Å²) >= 11 is 0. The van der Waals surface area contributed by atoms with Crippen molar-refractivity contribution < 1.29 is 15.3 Å². The van der Waals surface area contributed by atoms with Crippen molar-refractivity contribution in [2.75, 3.05) is 0 Å². The molecule has 4 saturated carbocycles. The van der Waals surface area contributed by atoms with E-state index in [4.69, 9.17) is 0 Å². The van der Waals surface area contributed by atoms with Crippen molar-refractivity contribution in [3.05, 3.63) is 0 Å². The zero-order valence-electron chi connectivity index (χ0n) is 14.1. The molecular formula is C19H32O3. The molecule has 0 aliphatic heterocycles. The average Bonchev–Trinajstić information content (AvgIpc) is 2.84. The Morgan fingerprint density at radius 1 is 0.909 bits per heavy atom. The van der Waals surface area contributed by atoms with Gasteiger partial charge in [0.15, 0.2) is 0 Å². The summed E-state index contributed by atoms with van der Waals surface area (Å²) in [6.07, 6.45) is 8.06. The monoisotopic (exact) mass is 308 g/mol. The van der Waals surface area contributed by atoms with Crippen molar-refractivity contribution in [1.29, 1.82) is 0 Å². The van der Waals surface area contributed by atoms with Crippen LogP contribution in [0.1, 0.15) is 71.6 Å². The molecule has 0 aromatic rings. The highest BCUT2D eigenvalue weighted by Gasteiger charge is 2.66. The van der Waals surface area contributed by atoms with Crippen LogP contribution < -0.4 is 0 Å². The third kappa shape index (κ3) is 1.79. The van der Waals surface area contributed by atoms with E-state index in [0.29, 0.717) is 23.7 Å². The normalized spacial score (nSPS) is 61.2. The van der Waals surface area contributed by atoms with Crippen LogP contribution in [0.15, 0.2) is 0 Å². The van der Waals surface area contributed by atoms with E-state index >= 15 is 0 Å². The van der Waals surface area contributed by atoms with E-state index in [1.165, 1.54) is 32.1 Å². The Balaban J connectivity index is 1.71. The summed E-state index contributed by atoms with van der Waals surface area (Å²) in [5.74, 6) is 1.82. The highest BCUT2D eigenvalue weighted by Crippen LogP contribution is 2.67. The quantitative estimate of drug-likeness (QED) is 0.645. The van der Waals surface area contributed by atoms with E-state index in [0.717, 1.165) is 25.2 Å². The van der Waals surface area contributed by atoms with E-state index in [1.54, 1.807) is 0 Å². The Hall–Kier alpha value is -0.120. The Labute approximate surface area is 134 Å². The molecule has 0 amide bonds. The molecule has 0 aromatic carbocycles. The Morgan fingerprint density at radius 2 is 1.68 bits per heavy atom. The maximum absolute atomic E-state index is 11.3. The standard InChI is InChI=1S/C19H32O3/c1-17-7-3-4-14(17)13-10-16(21)19(22)11-12(20)5-9-18(19,2)15(13)6-8-17/h12-16,20-22H,3-11H2,1-2H3/t12-,13+,14+,15+,16-,17+,18-,19+/m1/s1. The lowest BCUT2D eigenvalue weighted by Crippen LogP contribution is -2.68. The van der Waals surface area contributed by atoms with Crippen LogP contribution in [0.25, 0.3) is 0 Å². The van der Waals surface area contributed by atoms with E-state index in [2.05, 4.69) is 13.8 Å². The molecule has 4 aliphatic carbocycles. The molecule has 8 atom stereocenters. The first-order valence-corrected chi connectivity index (χ1v) is 9.39. The molecule has 126 valence electrons. The minimum absolute atomic E-state index is 0.224. The molecule has 3 nitrogen and oxygen atoms in total. The van der Waals surface area contributed by atoms with Crippen molar-refractivity contribution >= 4 is 0 Å². The zero-order valence-corrected chi connectivity index (χ0v) is 14.1. The smallest absolute Gasteiger partial charge is 0.0985 e. The minimum atomic E-state index is -1.09. The first-order valence-electron chi connectivity index (χ1n) is 9.39. The van der Waals surface area contributed by atoms with Crippen LogP contribution in [-0.2, 0) is 0 Å². The number of hydrogen-bond donors (Lipinski definition) is 3. The summed E-state index contributed by atoms with van der Waals surface area (Å²) in [6.45, 7) is 4.66. The summed E-state index contributed by atoms with van der Waals surface area (Å²) in [6, 6.07) is 0. The summed E-state index contributed by atoms with van der Waals surface area (Å²) in [5.41, 5.74) is -0.836. The molecule has 0 saturated heterocycles. The van der Waals surface area contributed by atoms with Gasteiger partial charge in [0.25, 0.3) is 0 Å². The molecule has 4 fully saturated rings. The Bertz CT molecular complexity index is 466. The Kier molecular flexibility index (Phi) is 3.30. The fraction of sp³-hybridized carbons (Fsp3) is 1.00. The first kappa shape index (κ1) is 15.4. The summed E-state index contributed by atoms with van der Waals surface area (Å²) in [7, 11) is 0. The molecule has 4 aliphatic rings. The Morgan fingerprint density at radius 3 is 2.45 bits per heavy atom. The van der Waals surface area contributed by atoms with Gasteiger partial charge in [-0.25, -0.2) is 0 Å². The predicted molar refractivity (Wildman–Crippen MR) is 85.2 cm³/mol. The third-order valence-corrected chi connectivity index (χ3v) is 8.62. The predicted octanol–water partition coefficient (Wildman–Crippen LogP) is 2.87. The van der Waals surface area contributed by atoms with E-state index in [1.807, 2.05) is 0 Å². The van der Waals surface area contributed by atoms with E-state index in [9.17, 15) is 15.3 Å². The molecule has 4 rings (SSSR count). The van der Waals surface area contributed by atoms with Gasteiger partial charge in [0.2, 0.25) is 0 Å². The van der Waals surface area contributed by atoms with Crippen molar-refractivity contribution in [3.8, 4) is 0 Å². The number of aliphatic hydroxyl groups excluding tert-OH is 2. The molecule has 0 heterocycles. The van der Waals surface area contributed by atoms with Crippen LogP contribution in [-0.4, -0.2) is 33.1 Å². The van der Waals surface area contributed by atoms with Gasteiger partial charge in [-0.3, -0.25) is 0 Å². The molecule has 3 N–H and O–H groups in total. The van der Waals surface area contributed by atoms with Crippen molar-refractivity contribution in [1.82, 2.24) is 0 Å². The lowest BCUT2D eigenvalue weighted by atomic mass is 9.43. The molecule has 0 bridgehead atoms. The second-order valence-electron chi connectivity index (χ2n) is 9.45. The lowest BCUT2D eigenvalue weighted by molar-refractivity contribution is -0.263. The molecule has 22 heavy (non-hydrogen) atoms. The average molecular weight is 308 g/mol. The topological polar surface area (TPSA) is 60.7 Å². The largest absolute Gasteiger partial charge is 0.393 e. The van der Waals surface area contributed by atoms with Gasteiger partial charge in [-0.1, -0.05) is 20.3 Å². The van der Waals surface area contributed by atoms with Crippen LogP contribution in [0.4, 0.5) is 0 Å². The lowest BCUT2D eigenvalue weighted by Gasteiger charge is -2.65. The van der Waals surface area contributed by atoms with Gasteiger partial charge in [-0.15, -0.1) is 0 Å². The van der Waals surface area contributed by atoms with Gasteiger partial charge in [-0.2, -0.15) is 0 Å². The molecule has 0 aromatic heterocycles. The van der Waals surface area contributed by atoms with Crippen molar-refractivity contribution in [2.45, 2.75) is 89.4 Å². The molecule has 0 unspecified atom stereocenters. The second kappa shape index (κ2) is 4.70. The van der Waals surface area contributed by atoms with Crippen LogP contribution in [0.2, 0.25) is 0 Å².